The summed E-state index contributed by atoms with van der Waals surface area (Å²) in [4.78, 5) is 11.2. The van der Waals surface area contributed by atoms with Crippen molar-refractivity contribution >= 4 is 5.91 Å². The number of nitrogens with one attached hydrogen (secondary N) is 2. The summed E-state index contributed by atoms with van der Waals surface area (Å²) >= 11 is 0. The normalized spacial score (nSPS) is 10.7. The van der Waals surface area contributed by atoms with E-state index in [1.54, 1.807) is 7.05 Å². The molecule has 0 aliphatic heterocycles. The molecule has 0 atom stereocenters. The predicted octanol–water partition coefficient (Wildman–Crippen LogP) is 1.89. The largest absolute Gasteiger partial charge is 0.367 e. The first-order chi connectivity index (χ1) is 8.54. The van der Waals surface area contributed by atoms with Crippen LogP contribution in [0, 0.1) is 6.92 Å². The van der Waals surface area contributed by atoms with Crippen LogP contribution in [-0.2, 0) is 16.1 Å². The SMILES string of the molecule is CNNC(=O)COCc1cc(C(C)C)ccc1C. The van der Waals surface area contributed by atoms with Gasteiger partial charge in [-0.2, -0.15) is 0 Å². The second kappa shape index (κ2) is 7.13. The second-order valence-electron chi connectivity index (χ2n) is 4.63. The number of carbonyl (C=O) groups excluding carboxylic acids is 1. The molecule has 0 aliphatic rings. The number of hydrogen-bond acceptors (Lipinski definition) is 3. The van der Waals surface area contributed by atoms with E-state index >= 15 is 0 Å². The molecule has 0 fully saturated rings. The van der Waals surface area contributed by atoms with Crippen LogP contribution in [0.4, 0.5) is 0 Å². The first kappa shape index (κ1) is 14.7. The molecule has 0 saturated carbocycles. The first-order valence-electron chi connectivity index (χ1n) is 6.17. The molecular formula is C14H22N2O2. The van der Waals surface area contributed by atoms with Crippen LogP contribution >= 0.6 is 0 Å². The van der Waals surface area contributed by atoms with E-state index < -0.39 is 0 Å². The van der Waals surface area contributed by atoms with Crippen LogP contribution in [-0.4, -0.2) is 19.6 Å². The summed E-state index contributed by atoms with van der Waals surface area (Å²) in [6.45, 7) is 6.90. The molecule has 0 aliphatic carbocycles. The number of benzene rings is 1. The third-order valence-electron chi connectivity index (χ3n) is 2.79. The summed E-state index contributed by atoms with van der Waals surface area (Å²) in [5, 5.41) is 0. The van der Waals surface area contributed by atoms with Crippen molar-refractivity contribution in [1.82, 2.24) is 10.9 Å². The van der Waals surface area contributed by atoms with Crippen molar-refractivity contribution in [2.75, 3.05) is 13.7 Å². The summed E-state index contributed by atoms with van der Waals surface area (Å²) < 4.78 is 5.40. The van der Waals surface area contributed by atoms with Gasteiger partial charge < -0.3 is 4.74 Å². The highest BCUT2D eigenvalue weighted by Gasteiger charge is 2.05. The number of rotatable bonds is 6. The van der Waals surface area contributed by atoms with E-state index in [1.807, 2.05) is 0 Å². The molecule has 100 valence electrons. The Kier molecular flexibility index (Phi) is 5.82. The minimum Gasteiger partial charge on any atom is -0.367 e. The Morgan fingerprint density at radius 2 is 2.11 bits per heavy atom. The number of carbonyl (C=O) groups is 1. The van der Waals surface area contributed by atoms with Crippen molar-refractivity contribution in [2.45, 2.75) is 33.3 Å². The zero-order valence-corrected chi connectivity index (χ0v) is 11.5. The average molecular weight is 250 g/mol. The van der Waals surface area contributed by atoms with Gasteiger partial charge in [0.15, 0.2) is 0 Å². The molecule has 0 bridgehead atoms. The molecule has 1 aromatic rings. The molecule has 2 N–H and O–H groups in total. The quantitative estimate of drug-likeness (QED) is 0.758. The third kappa shape index (κ3) is 4.47. The Hall–Kier alpha value is -1.39. The van der Waals surface area contributed by atoms with E-state index in [1.165, 1.54) is 11.1 Å². The zero-order valence-electron chi connectivity index (χ0n) is 11.5. The Balaban J connectivity index is 2.56. The zero-order chi connectivity index (χ0) is 13.5. The molecule has 0 saturated heterocycles. The lowest BCUT2D eigenvalue weighted by molar-refractivity contribution is -0.126. The maximum absolute atomic E-state index is 11.2. The van der Waals surface area contributed by atoms with Gasteiger partial charge in [-0.15, -0.1) is 0 Å². The molecule has 0 radical (unpaired) electrons. The molecule has 18 heavy (non-hydrogen) atoms. The summed E-state index contributed by atoms with van der Waals surface area (Å²) in [6.07, 6.45) is 0. The van der Waals surface area contributed by atoms with E-state index in [4.69, 9.17) is 4.74 Å². The van der Waals surface area contributed by atoms with Crippen molar-refractivity contribution in [3.8, 4) is 0 Å². The topological polar surface area (TPSA) is 50.4 Å². The second-order valence-corrected chi connectivity index (χ2v) is 4.63. The molecule has 0 heterocycles. The lowest BCUT2D eigenvalue weighted by Gasteiger charge is -2.11. The maximum atomic E-state index is 11.2. The van der Waals surface area contributed by atoms with Gasteiger partial charge in [0, 0.05) is 7.05 Å². The van der Waals surface area contributed by atoms with Gasteiger partial charge in [0.2, 0.25) is 0 Å². The molecule has 0 spiro atoms. The fourth-order valence-electron chi connectivity index (χ4n) is 1.64. The van der Waals surface area contributed by atoms with Crippen molar-refractivity contribution in [3.63, 3.8) is 0 Å². The van der Waals surface area contributed by atoms with Crippen molar-refractivity contribution < 1.29 is 9.53 Å². The van der Waals surface area contributed by atoms with Gasteiger partial charge in [-0.3, -0.25) is 10.2 Å². The summed E-state index contributed by atoms with van der Waals surface area (Å²) in [5.74, 6) is 0.326. The number of hydrazine groups is 1. The van der Waals surface area contributed by atoms with Crippen LogP contribution in [0.15, 0.2) is 18.2 Å². The van der Waals surface area contributed by atoms with Crippen LogP contribution in [0.25, 0.3) is 0 Å². The fraction of sp³-hybridized carbons (Fsp3) is 0.500. The average Bonchev–Trinajstić information content (AvgIpc) is 2.31. The van der Waals surface area contributed by atoms with E-state index in [9.17, 15) is 4.79 Å². The highest BCUT2D eigenvalue weighted by atomic mass is 16.5. The summed E-state index contributed by atoms with van der Waals surface area (Å²) in [5.41, 5.74) is 8.65. The van der Waals surface area contributed by atoms with Gasteiger partial charge in [-0.1, -0.05) is 32.0 Å². The molecule has 4 nitrogen and oxygen atoms in total. The summed E-state index contributed by atoms with van der Waals surface area (Å²) in [6, 6.07) is 6.38. The first-order valence-corrected chi connectivity index (χ1v) is 6.17. The maximum Gasteiger partial charge on any atom is 0.260 e. The van der Waals surface area contributed by atoms with Crippen molar-refractivity contribution in [2.24, 2.45) is 0 Å². The van der Waals surface area contributed by atoms with Crippen LogP contribution in [0.3, 0.4) is 0 Å². The third-order valence-corrected chi connectivity index (χ3v) is 2.79. The monoisotopic (exact) mass is 250 g/mol. The van der Waals surface area contributed by atoms with Gasteiger partial charge in [0.1, 0.15) is 6.61 Å². The molecule has 1 rings (SSSR count). The Bertz CT molecular complexity index is 403. The minimum absolute atomic E-state index is 0.0617. The van der Waals surface area contributed by atoms with Gasteiger partial charge in [0.25, 0.3) is 5.91 Å². The van der Waals surface area contributed by atoms with Gasteiger partial charge in [-0.05, 0) is 29.5 Å². The Labute approximate surface area is 109 Å². The molecule has 1 amide bonds. The van der Waals surface area contributed by atoms with E-state index in [0.29, 0.717) is 12.5 Å². The number of amides is 1. The molecule has 4 heteroatoms. The Morgan fingerprint density at radius 3 is 2.72 bits per heavy atom. The predicted molar refractivity (Wildman–Crippen MR) is 72.1 cm³/mol. The number of hydrogen-bond donors (Lipinski definition) is 2. The molecular weight excluding hydrogens is 228 g/mol. The Morgan fingerprint density at radius 1 is 1.39 bits per heavy atom. The van der Waals surface area contributed by atoms with E-state index in [-0.39, 0.29) is 12.5 Å². The van der Waals surface area contributed by atoms with Gasteiger partial charge in [-0.25, -0.2) is 5.43 Å². The standard InChI is InChI=1S/C14H22N2O2/c1-10(2)12-6-5-11(3)13(7-12)8-18-9-14(17)16-15-4/h5-7,10,15H,8-9H2,1-4H3,(H,16,17). The molecule has 0 unspecified atom stereocenters. The van der Waals surface area contributed by atoms with E-state index in [2.05, 4.69) is 49.8 Å². The number of aryl methyl sites for hydroxylation is 1. The van der Waals surface area contributed by atoms with Crippen molar-refractivity contribution in [1.29, 1.82) is 0 Å². The lowest BCUT2D eigenvalue weighted by atomic mass is 9.98. The van der Waals surface area contributed by atoms with Gasteiger partial charge in [0.05, 0.1) is 6.61 Å². The highest BCUT2D eigenvalue weighted by molar-refractivity contribution is 5.76. The fourth-order valence-corrected chi connectivity index (χ4v) is 1.64. The molecule has 0 aromatic heterocycles. The molecule has 1 aromatic carbocycles. The number of ether oxygens (including phenoxy) is 1. The van der Waals surface area contributed by atoms with Crippen LogP contribution < -0.4 is 10.9 Å². The van der Waals surface area contributed by atoms with Crippen molar-refractivity contribution in [3.05, 3.63) is 34.9 Å². The van der Waals surface area contributed by atoms with Crippen LogP contribution in [0.2, 0.25) is 0 Å². The van der Waals surface area contributed by atoms with E-state index in [0.717, 1.165) is 5.56 Å². The smallest absolute Gasteiger partial charge is 0.260 e. The van der Waals surface area contributed by atoms with Crippen LogP contribution in [0.5, 0.6) is 0 Å². The van der Waals surface area contributed by atoms with Gasteiger partial charge >= 0.3 is 0 Å². The minimum atomic E-state index is -0.171. The summed E-state index contributed by atoms with van der Waals surface area (Å²) in [7, 11) is 1.65. The lowest BCUT2D eigenvalue weighted by Crippen LogP contribution is -2.36. The highest BCUT2D eigenvalue weighted by Crippen LogP contribution is 2.19. The van der Waals surface area contributed by atoms with Crippen LogP contribution in [0.1, 0.15) is 36.5 Å².